The van der Waals surface area contributed by atoms with Crippen molar-refractivity contribution in [2.24, 2.45) is 0 Å². The second kappa shape index (κ2) is 17.2. The number of hydrogen-bond donors (Lipinski definition) is 0. The van der Waals surface area contributed by atoms with Crippen LogP contribution in [0.1, 0.15) is 5.56 Å². The van der Waals surface area contributed by atoms with Gasteiger partial charge in [0.1, 0.15) is 11.6 Å². The molecule has 0 bridgehead atoms. The third-order valence-electron chi connectivity index (χ3n) is 16.0. The molecule has 0 atom stereocenters. The van der Waals surface area contributed by atoms with Crippen LogP contribution in [0.4, 0.5) is 0 Å². The topological polar surface area (TPSA) is 56.4 Å². The molecule has 0 aliphatic carbocycles. The molecule has 0 saturated carbocycles. The van der Waals surface area contributed by atoms with Crippen LogP contribution in [-0.2, 0) is 0 Å². The van der Waals surface area contributed by atoms with Crippen LogP contribution in [-0.4, -0.2) is 23.3 Å². The summed E-state index contributed by atoms with van der Waals surface area (Å²) in [5, 5.41) is 21.2. The van der Waals surface area contributed by atoms with Gasteiger partial charge in [0.15, 0.2) is 0 Å². The number of fused-ring (bicyclic) bond motifs is 12. The van der Waals surface area contributed by atoms with E-state index >= 15 is 0 Å². The first-order valence-electron chi connectivity index (χ1n) is 26.4. The molecule has 16 rings (SSSR count). The third-order valence-corrected chi connectivity index (χ3v) is 16.0. The Morgan fingerprint density at radius 3 is 0.910 bits per heavy atom. The van der Waals surface area contributed by atoms with E-state index in [1.165, 1.54) is 21.5 Å². The highest BCUT2D eigenvalue weighted by Crippen LogP contribution is 2.44. The van der Waals surface area contributed by atoms with Crippen molar-refractivity contribution < 1.29 is 0 Å². The van der Waals surface area contributed by atoms with Crippen molar-refractivity contribution in [1.29, 1.82) is 5.26 Å². The van der Waals surface area contributed by atoms with E-state index in [1.807, 2.05) is 12.1 Å². The lowest BCUT2D eigenvalue weighted by Gasteiger charge is -2.19. The molecular weight excluding hydrogens is 949 g/mol. The Balaban J connectivity index is 0.993. The van der Waals surface area contributed by atoms with Crippen LogP contribution in [0.25, 0.3) is 144 Å². The lowest BCUT2D eigenvalue weighted by molar-refractivity contribution is 1.11. The Hall–Kier alpha value is -10.7. The summed E-state index contributed by atoms with van der Waals surface area (Å²) in [6.07, 6.45) is 0. The van der Waals surface area contributed by atoms with Crippen LogP contribution in [0.2, 0.25) is 0 Å². The van der Waals surface area contributed by atoms with Gasteiger partial charge < -0.3 is 18.3 Å². The number of pyridine rings is 1. The number of hydrogen-bond acceptors (Lipinski definition) is 2. The van der Waals surface area contributed by atoms with E-state index in [1.54, 1.807) is 0 Å². The molecule has 6 nitrogen and oxygen atoms in total. The fourth-order valence-corrected chi connectivity index (χ4v) is 12.6. The summed E-state index contributed by atoms with van der Waals surface area (Å²) in [4.78, 5) is 5.31. The number of nitrogens with zero attached hydrogens (tertiary/aromatic N) is 6. The lowest BCUT2D eigenvalue weighted by atomic mass is 9.97. The first-order valence-corrected chi connectivity index (χ1v) is 26.4. The monoisotopic (exact) mass is 992 g/mol. The smallest absolute Gasteiger partial charge is 0.104 e. The molecule has 0 unspecified atom stereocenters. The largest absolute Gasteiger partial charge is 0.309 e. The van der Waals surface area contributed by atoms with Crippen LogP contribution >= 0.6 is 0 Å². The summed E-state index contributed by atoms with van der Waals surface area (Å²) < 4.78 is 9.39. The molecule has 0 radical (unpaired) electrons. The minimum absolute atomic E-state index is 0.558. The maximum atomic E-state index is 12.0. The number of rotatable bonds is 7. The van der Waals surface area contributed by atoms with E-state index in [9.17, 15) is 5.26 Å². The van der Waals surface area contributed by atoms with Gasteiger partial charge in [-0.05, 0) is 108 Å². The van der Waals surface area contributed by atoms with E-state index in [0.29, 0.717) is 5.56 Å². The van der Waals surface area contributed by atoms with E-state index in [0.717, 1.165) is 122 Å². The average Bonchev–Trinajstić information content (AvgIpc) is 4.41. The highest BCUT2D eigenvalue weighted by atomic mass is 15.0. The number of nitriles is 1. The first-order chi connectivity index (χ1) is 38.7. The summed E-state index contributed by atoms with van der Waals surface area (Å²) >= 11 is 0. The molecule has 5 aromatic heterocycles. The number of benzene rings is 11. The molecule has 78 heavy (non-hydrogen) atoms. The Morgan fingerprint density at radius 1 is 0.256 bits per heavy atom. The zero-order valence-electron chi connectivity index (χ0n) is 42.1. The molecule has 362 valence electrons. The highest BCUT2D eigenvalue weighted by Gasteiger charge is 2.25. The summed E-state index contributed by atoms with van der Waals surface area (Å²) in [6.45, 7) is 0. The van der Waals surface area contributed by atoms with Crippen LogP contribution in [0, 0.1) is 11.3 Å². The number of para-hydroxylation sites is 6. The van der Waals surface area contributed by atoms with E-state index < -0.39 is 0 Å². The molecule has 0 aliphatic rings. The van der Waals surface area contributed by atoms with E-state index in [2.05, 4.69) is 279 Å². The third kappa shape index (κ3) is 6.52. The van der Waals surface area contributed by atoms with Crippen molar-refractivity contribution >= 4 is 87.2 Å². The zero-order valence-corrected chi connectivity index (χ0v) is 42.1. The SMILES string of the molecule is N#Cc1c(-n2c3ccccc3c3cc(-n4c5ccccc5c5ccccc54)ccc32)cc(-c2cc(-c3ccccc3)nc(-c3ccccc3)c2)cc1-n1c2ccccc2c2cc(-n3c4ccccc4c4ccccc43)ccc21. The van der Waals surface area contributed by atoms with Crippen molar-refractivity contribution in [3.8, 4) is 62.5 Å². The Bertz CT molecular complexity index is 4740. The van der Waals surface area contributed by atoms with Gasteiger partial charge in [-0.15, -0.1) is 0 Å². The fourth-order valence-electron chi connectivity index (χ4n) is 12.6. The maximum Gasteiger partial charge on any atom is 0.104 e. The van der Waals surface area contributed by atoms with Gasteiger partial charge in [-0.1, -0.05) is 170 Å². The molecule has 11 aromatic carbocycles. The van der Waals surface area contributed by atoms with E-state index in [4.69, 9.17) is 4.98 Å². The first kappa shape index (κ1) is 43.6. The molecule has 6 heteroatoms. The van der Waals surface area contributed by atoms with Crippen LogP contribution < -0.4 is 0 Å². The maximum absolute atomic E-state index is 12.0. The number of aromatic nitrogens is 5. The Kier molecular flexibility index (Phi) is 9.60. The van der Waals surface area contributed by atoms with Gasteiger partial charge in [-0.25, -0.2) is 4.98 Å². The minimum atomic E-state index is 0.558. The van der Waals surface area contributed by atoms with Crippen LogP contribution in [0.3, 0.4) is 0 Å². The van der Waals surface area contributed by atoms with Gasteiger partial charge in [0.25, 0.3) is 0 Å². The second-order valence-corrected chi connectivity index (χ2v) is 20.2. The summed E-state index contributed by atoms with van der Waals surface area (Å²) in [5.74, 6) is 0. The van der Waals surface area contributed by atoms with Gasteiger partial charge in [-0.3, -0.25) is 0 Å². The van der Waals surface area contributed by atoms with Gasteiger partial charge in [0, 0.05) is 65.6 Å². The Morgan fingerprint density at radius 2 is 0.551 bits per heavy atom. The van der Waals surface area contributed by atoms with Gasteiger partial charge in [0.05, 0.1) is 66.9 Å². The molecule has 0 aliphatic heterocycles. The highest BCUT2D eigenvalue weighted by molar-refractivity contribution is 6.15. The molecule has 0 fully saturated rings. The molecule has 5 heterocycles. The van der Waals surface area contributed by atoms with Crippen molar-refractivity contribution in [2.45, 2.75) is 0 Å². The normalized spacial score (nSPS) is 11.8. The molecular formula is C72H44N6. The minimum Gasteiger partial charge on any atom is -0.309 e. The van der Waals surface area contributed by atoms with Crippen molar-refractivity contribution in [1.82, 2.24) is 23.3 Å². The Labute approximate surface area is 448 Å². The predicted molar refractivity (Wildman–Crippen MR) is 323 cm³/mol. The van der Waals surface area contributed by atoms with Crippen LogP contribution in [0.5, 0.6) is 0 Å². The standard InChI is InChI=1S/C72H44N6/c73-45-60-71(77-67-33-17-11-27-56(67)58-43-50(35-37-69(58)77)75-63-29-13-7-23-52(63)53-24-8-14-30-64(53)75)41-49(48-39-61(46-19-3-1-4-20-46)74-62(40-48)47-21-5-2-6-22-47)42-72(60)78-68-34-18-12-28-57(68)59-44-51(36-38-70(59)78)76-65-31-15-9-25-54(65)55-26-10-16-32-66(55)76/h1-44H. The molecule has 0 N–H and O–H groups in total. The summed E-state index contributed by atoms with van der Waals surface area (Å²) in [6, 6.07) is 97.9. The second-order valence-electron chi connectivity index (χ2n) is 20.2. The average molecular weight is 993 g/mol. The summed E-state index contributed by atoms with van der Waals surface area (Å²) in [7, 11) is 0. The summed E-state index contributed by atoms with van der Waals surface area (Å²) in [5.41, 5.74) is 18.6. The molecule has 0 spiro atoms. The van der Waals surface area contributed by atoms with Gasteiger partial charge >= 0.3 is 0 Å². The fraction of sp³-hybridized carbons (Fsp3) is 0. The van der Waals surface area contributed by atoms with Crippen LogP contribution in [0.15, 0.2) is 267 Å². The van der Waals surface area contributed by atoms with Crippen molar-refractivity contribution in [3.05, 3.63) is 272 Å². The van der Waals surface area contributed by atoms with Gasteiger partial charge in [-0.2, -0.15) is 5.26 Å². The lowest BCUT2D eigenvalue weighted by Crippen LogP contribution is -2.05. The predicted octanol–water partition coefficient (Wildman–Crippen LogP) is 18.3. The van der Waals surface area contributed by atoms with Crippen molar-refractivity contribution in [3.63, 3.8) is 0 Å². The quantitative estimate of drug-likeness (QED) is 0.160. The van der Waals surface area contributed by atoms with E-state index in [-0.39, 0.29) is 0 Å². The zero-order chi connectivity index (χ0) is 51.4. The molecule has 16 aromatic rings. The van der Waals surface area contributed by atoms with Crippen molar-refractivity contribution in [2.75, 3.05) is 0 Å². The molecule has 0 amide bonds. The van der Waals surface area contributed by atoms with Gasteiger partial charge in [0.2, 0.25) is 0 Å². The molecule has 0 saturated heterocycles.